The van der Waals surface area contributed by atoms with E-state index < -0.39 is 5.91 Å². The van der Waals surface area contributed by atoms with Crippen LogP contribution in [-0.4, -0.2) is 29.5 Å². The molecule has 0 unspecified atom stereocenters. The molecule has 0 aliphatic rings. The highest BCUT2D eigenvalue weighted by Crippen LogP contribution is 2.18. The van der Waals surface area contributed by atoms with E-state index in [-0.39, 0.29) is 10.7 Å². The zero-order valence-electron chi connectivity index (χ0n) is 11.7. The summed E-state index contributed by atoms with van der Waals surface area (Å²) < 4.78 is 5.23. The topological polar surface area (TPSA) is 76.1 Å². The van der Waals surface area contributed by atoms with E-state index >= 15 is 0 Å². The van der Waals surface area contributed by atoms with E-state index in [0.29, 0.717) is 24.0 Å². The van der Waals surface area contributed by atoms with E-state index in [1.165, 1.54) is 6.20 Å². The highest BCUT2D eigenvalue weighted by molar-refractivity contribution is 6.34. The highest BCUT2D eigenvalue weighted by Gasteiger charge is 2.13. The van der Waals surface area contributed by atoms with Crippen molar-refractivity contribution < 1.29 is 9.53 Å². The SMILES string of the molecule is CCOc1ccc(NC(=O)c2nc(NC)ccc2Cl)cn1. The average molecular weight is 307 g/mol. The van der Waals surface area contributed by atoms with Crippen molar-refractivity contribution >= 4 is 29.0 Å². The summed E-state index contributed by atoms with van der Waals surface area (Å²) >= 11 is 5.99. The van der Waals surface area contributed by atoms with Gasteiger partial charge in [0.05, 0.1) is 23.5 Å². The summed E-state index contributed by atoms with van der Waals surface area (Å²) in [7, 11) is 1.72. The summed E-state index contributed by atoms with van der Waals surface area (Å²) in [5.41, 5.74) is 0.689. The standard InChI is InChI=1S/C14H15ClN4O2/c1-3-21-12-7-4-9(8-17-12)18-14(20)13-10(15)5-6-11(16-2)19-13/h4-8H,3H2,1-2H3,(H,16,19)(H,18,20). The van der Waals surface area contributed by atoms with Gasteiger partial charge in [0, 0.05) is 13.1 Å². The third-order valence-electron chi connectivity index (χ3n) is 2.60. The molecule has 0 aliphatic heterocycles. The smallest absolute Gasteiger partial charge is 0.275 e. The van der Waals surface area contributed by atoms with Crippen LogP contribution < -0.4 is 15.4 Å². The molecule has 2 aromatic rings. The zero-order chi connectivity index (χ0) is 15.2. The third kappa shape index (κ3) is 3.82. The maximum Gasteiger partial charge on any atom is 0.275 e. The molecule has 0 fully saturated rings. The number of aromatic nitrogens is 2. The molecule has 2 aromatic heterocycles. The van der Waals surface area contributed by atoms with Crippen molar-refractivity contribution in [3.8, 4) is 5.88 Å². The number of carbonyl (C=O) groups is 1. The lowest BCUT2D eigenvalue weighted by Gasteiger charge is -2.08. The highest BCUT2D eigenvalue weighted by atomic mass is 35.5. The second kappa shape index (κ2) is 6.90. The second-order valence-corrected chi connectivity index (χ2v) is 4.46. The van der Waals surface area contributed by atoms with Crippen LogP contribution in [-0.2, 0) is 0 Å². The normalized spacial score (nSPS) is 10.0. The van der Waals surface area contributed by atoms with Gasteiger partial charge in [-0.25, -0.2) is 9.97 Å². The Morgan fingerprint density at radius 2 is 2.14 bits per heavy atom. The van der Waals surface area contributed by atoms with Crippen LogP contribution in [0.5, 0.6) is 5.88 Å². The Hall–Kier alpha value is -2.34. The van der Waals surface area contributed by atoms with Crippen molar-refractivity contribution in [2.24, 2.45) is 0 Å². The number of hydrogen-bond donors (Lipinski definition) is 2. The third-order valence-corrected chi connectivity index (χ3v) is 2.91. The Balaban J connectivity index is 2.14. The van der Waals surface area contributed by atoms with Crippen LogP contribution in [0.2, 0.25) is 5.02 Å². The summed E-state index contributed by atoms with van der Waals surface area (Å²) in [4.78, 5) is 20.4. The zero-order valence-corrected chi connectivity index (χ0v) is 12.4. The Labute approximate surface area is 127 Å². The molecule has 2 heterocycles. The first-order valence-electron chi connectivity index (χ1n) is 6.38. The first-order valence-corrected chi connectivity index (χ1v) is 6.76. The molecule has 0 bridgehead atoms. The number of pyridine rings is 2. The molecule has 0 aliphatic carbocycles. The van der Waals surface area contributed by atoms with E-state index in [1.54, 1.807) is 31.3 Å². The van der Waals surface area contributed by atoms with E-state index in [9.17, 15) is 4.79 Å². The van der Waals surface area contributed by atoms with Gasteiger partial charge in [0.25, 0.3) is 5.91 Å². The number of carbonyl (C=O) groups excluding carboxylic acids is 1. The number of rotatable bonds is 5. The van der Waals surface area contributed by atoms with Crippen LogP contribution in [0, 0.1) is 0 Å². The van der Waals surface area contributed by atoms with Crippen LogP contribution in [0.3, 0.4) is 0 Å². The van der Waals surface area contributed by atoms with Gasteiger partial charge in [-0.2, -0.15) is 0 Å². The number of nitrogens with one attached hydrogen (secondary N) is 2. The van der Waals surface area contributed by atoms with Crippen molar-refractivity contribution in [3.05, 3.63) is 41.2 Å². The van der Waals surface area contributed by atoms with Crippen molar-refractivity contribution in [1.29, 1.82) is 0 Å². The van der Waals surface area contributed by atoms with Gasteiger partial charge in [0.1, 0.15) is 11.5 Å². The maximum atomic E-state index is 12.2. The predicted octanol–water partition coefficient (Wildman–Crippen LogP) is 2.82. The van der Waals surface area contributed by atoms with Crippen molar-refractivity contribution in [2.75, 3.05) is 24.3 Å². The number of hydrogen-bond acceptors (Lipinski definition) is 5. The van der Waals surface area contributed by atoms with Gasteiger partial charge in [-0.15, -0.1) is 0 Å². The molecule has 1 amide bonds. The molecule has 2 rings (SSSR count). The van der Waals surface area contributed by atoms with Gasteiger partial charge < -0.3 is 15.4 Å². The van der Waals surface area contributed by atoms with E-state index in [1.807, 2.05) is 6.92 Å². The Kier molecular flexibility index (Phi) is 4.94. The Bertz CT molecular complexity index is 631. The maximum absolute atomic E-state index is 12.2. The lowest BCUT2D eigenvalue weighted by Crippen LogP contribution is -2.15. The lowest BCUT2D eigenvalue weighted by molar-refractivity contribution is 0.102. The molecule has 7 heteroatoms. The molecule has 0 aromatic carbocycles. The first-order chi connectivity index (χ1) is 10.1. The molecule has 0 spiro atoms. The average Bonchev–Trinajstić information content (AvgIpc) is 2.50. The molecule has 110 valence electrons. The summed E-state index contributed by atoms with van der Waals surface area (Å²) in [6.07, 6.45) is 1.51. The molecule has 0 saturated carbocycles. The second-order valence-electron chi connectivity index (χ2n) is 4.05. The fourth-order valence-electron chi connectivity index (χ4n) is 1.62. The minimum atomic E-state index is -0.400. The number of nitrogens with zero attached hydrogens (tertiary/aromatic N) is 2. The fraction of sp³-hybridized carbons (Fsp3) is 0.214. The number of amides is 1. The molecule has 2 N–H and O–H groups in total. The van der Waals surface area contributed by atoms with Crippen molar-refractivity contribution in [3.63, 3.8) is 0 Å². The minimum Gasteiger partial charge on any atom is -0.478 e. The van der Waals surface area contributed by atoms with Gasteiger partial charge in [-0.3, -0.25) is 4.79 Å². The molecule has 0 saturated heterocycles. The monoisotopic (exact) mass is 306 g/mol. The van der Waals surface area contributed by atoms with Crippen LogP contribution in [0.4, 0.5) is 11.5 Å². The minimum absolute atomic E-state index is 0.150. The van der Waals surface area contributed by atoms with Gasteiger partial charge in [0.15, 0.2) is 0 Å². The molecule has 0 atom stereocenters. The molecular formula is C14H15ClN4O2. The van der Waals surface area contributed by atoms with Crippen LogP contribution in [0.25, 0.3) is 0 Å². The Morgan fingerprint density at radius 3 is 2.76 bits per heavy atom. The Morgan fingerprint density at radius 1 is 1.33 bits per heavy atom. The fourth-order valence-corrected chi connectivity index (χ4v) is 1.81. The summed E-state index contributed by atoms with van der Waals surface area (Å²) in [5, 5.41) is 5.83. The predicted molar refractivity (Wildman–Crippen MR) is 82.2 cm³/mol. The van der Waals surface area contributed by atoms with Crippen molar-refractivity contribution in [1.82, 2.24) is 9.97 Å². The van der Waals surface area contributed by atoms with Crippen LogP contribution in [0.1, 0.15) is 17.4 Å². The van der Waals surface area contributed by atoms with Gasteiger partial charge >= 0.3 is 0 Å². The molecule has 6 nitrogen and oxygen atoms in total. The van der Waals surface area contributed by atoms with Gasteiger partial charge in [-0.05, 0) is 25.1 Å². The van der Waals surface area contributed by atoms with E-state index in [4.69, 9.17) is 16.3 Å². The van der Waals surface area contributed by atoms with Crippen molar-refractivity contribution in [2.45, 2.75) is 6.92 Å². The molecule has 0 radical (unpaired) electrons. The van der Waals surface area contributed by atoms with Gasteiger partial charge in [-0.1, -0.05) is 11.6 Å². The van der Waals surface area contributed by atoms with Gasteiger partial charge in [0.2, 0.25) is 5.88 Å². The summed E-state index contributed by atoms with van der Waals surface area (Å²) in [6.45, 7) is 2.41. The first kappa shape index (κ1) is 15.1. The van der Waals surface area contributed by atoms with E-state index in [0.717, 1.165) is 0 Å². The number of halogens is 1. The number of ether oxygens (including phenoxy) is 1. The van der Waals surface area contributed by atoms with Crippen LogP contribution >= 0.6 is 11.6 Å². The largest absolute Gasteiger partial charge is 0.478 e. The lowest BCUT2D eigenvalue weighted by atomic mass is 10.3. The number of anilines is 2. The van der Waals surface area contributed by atoms with Crippen LogP contribution in [0.15, 0.2) is 30.5 Å². The molecular weight excluding hydrogens is 292 g/mol. The van der Waals surface area contributed by atoms with E-state index in [2.05, 4.69) is 20.6 Å². The summed E-state index contributed by atoms with van der Waals surface area (Å²) in [5.74, 6) is 0.668. The quantitative estimate of drug-likeness (QED) is 0.888. The summed E-state index contributed by atoms with van der Waals surface area (Å²) in [6, 6.07) is 6.69. The molecule has 21 heavy (non-hydrogen) atoms.